The Labute approximate surface area is 200 Å². The van der Waals surface area contributed by atoms with E-state index in [9.17, 15) is 13.2 Å². The lowest BCUT2D eigenvalue weighted by atomic mass is 9.99. The lowest BCUT2D eigenvalue weighted by molar-refractivity contribution is -0.120. The van der Waals surface area contributed by atoms with Gasteiger partial charge in [-0.3, -0.25) is 4.79 Å². The molecular formula is C21H20Cl2N4O3S2. The van der Waals surface area contributed by atoms with Crippen molar-refractivity contribution < 1.29 is 13.2 Å². The van der Waals surface area contributed by atoms with Crippen LogP contribution in [0.15, 0.2) is 48.5 Å². The first-order valence-corrected chi connectivity index (χ1v) is 13.1. The number of benzene rings is 2. The van der Waals surface area contributed by atoms with Crippen LogP contribution in [0.3, 0.4) is 0 Å². The molecule has 0 saturated carbocycles. The standard InChI is InChI=1S/C21H20Cl2N4O3S2/c22-17-9-4-10-18(23)16(17)13-32(29,30)27-11-5-8-15(12-27)19(28)24-21-26-25-20(31-21)14-6-2-1-3-7-14/h1-4,6-7,9-10,15H,5,8,11-13H2,(H,24,26,28)/t15-/m0/s1. The summed E-state index contributed by atoms with van der Waals surface area (Å²) in [7, 11) is -3.69. The molecule has 4 rings (SSSR count). The van der Waals surface area contributed by atoms with Crippen LogP contribution in [0.4, 0.5) is 5.13 Å². The van der Waals surface area contributed by atoms with Crippen molar-refractivity contribution in [2.45, 2.75) is 18.6 Å². The average Bonchev–Trinajstić information content (AvgIpc) is 3.25. The van der Waals surface area contributed by atoms with E-state index in [2.05, 4.69) is 15.5 Å². The minimum Gasteiger partial charge on any atom is -0.300 e. The van der Waals surface area contributed by atoms with Gasteiger partial charge in [-0.2, -0.15) is 0 Å². The zero-order valence-electron chi connectivity index (χ0n) is 16.9. The Kier molecular flexibility index (Phi) is 7.11. The van der Waals surface area contributed by atoms with E-state index in [0.29, 0.717) is 45.1 Å². The summed E-state index contributed by atoms with van der Waals surface area (Å²) >= 11 is 13.6. The number of anilines is 1. The number of halogens is 2. The second-order valence-corrected chi connectivity index (χ2v) is 11.2. The van der Waals surface area contributed by atoms with Crippen LogP contribution in [0.1, 0.15) is 18.4 Å². The van der Waals surface area contributed by atoms with Crippen molar-refractivity contribution in [1.29, 1.82) is 0 Å². The monoisotopic (exact) mass is 510 g/mol. The van der Waals surface area contributed by atoms with Crippen molar-refractivity contribution in [1.82, 2.24) is 14.5 Å². The number of nitrogens with zero attached hydrogens (tertiary/aromatic N) is 3. The van der Waals surface area contributed by atoms with Crippen LogP contribution in [0.25, 0.3) is 10.6 Å². The molecule has 1 amide bonds. The van der Waals surface area contributed by atoms with E-state index in [1.807, 2.05) is 30.3 Å². The molecular weight excluding hydrogens is 491 g/mol. The Bertz CT molecular complexity index is 1200. The number of nitrogens with one attached hydrogen (secondary N) is 1. The highest BCUT2D eigenvalue weighted by atomic mass is 35.5. The van der Waals surface area contributed by atoms with Crippen LogP contribution in [0, 0.1) is 5.92 Å². The third-order valence-corrected chi connectivity index (χ3v) is 8.58. The Morgan fingerprint density at radius 3 is 2.53 bits per heavy atom. The van der Waals surface area contributed by atoms with Gasteiger partial charge in [-0.05, 0) is 25.0 Å². The predicted octanol–water partition coefficient (Wildman–Crippen LogP) is 4.69. The van der Waals surface area contributed by atoms with Gasteiger partial charge in [0.15, 0.2) is 0 Å². The fourth-order valence-corrected chi connectivity index (χ4v) is 6.65. The van der Waals surface area contributed by atoms with Gasteiger partial charge in [0.2, 0.25) is 21.1 Å². The molecule has 0 radical (unpaired) electrons. The van der Waals surface area contributed by atoms with Crippen molar-refractivity contribution in [3.63, 3.8) is 0 Å². The molecule has 1 aliphatic rings. The van der Waals surface area contributed by atoms with Gasteiger partial charge < -0.3 is 5.32 Å². The van der Waals surface area contributed by atoms with Gasteiger partial charge in [-0.15, -0.1) is 10.2 Å². The molecule has 11 heteroatoms. The van der Waals surface area contributed by atoms with Crippen LogP contribution in [-0.2, 0) is 20.6 Å². The number of hydrogen-bond donors (Lipinski definition) is 1. The van der Waals surface area contributed by atoms with E-state index >= 15 is 0 Å². The number of carbonyl (C=O) groups excluding carboxylic acids is 1. The van der Waals surface area contributed by atoms with Crippen LogP contribution < -0.4 is 5.32 Å². The molecule has 7 nitrogen and oxygen atoms in total. The van der Waals surface area contributed by atoms with Gasteiger partial charge in [0.25, 0.3) is 0 Å². The summed E-state index contributed by atoms with van der Waals surface area (Å²) < 4.78 is 27.3. The number of amides is 1. The van der Waals surface area contributed by atoms with Crippen LogP contribution in [0.5, 0.6) is 0 Å². The molecule has 1 N–H and O–H groups in total. The predicted molar refractivity (Wildman–Crippen MR) is 127 cm³/mol. The highest BCUT2D eigenvalue weighted by Gasteiger charge is 2.33. The summed E-state index contributed by atoms with van der Waals surface area (Å²) in [5.74, 6) is -1.06. The van der Waals surface area contributed by atoms with Crippen LogP contribution in [0.2, 0.25) is 10.0 Å². The Balaban J connectivity index is 1.42. The van der Waals surface area contributed by atoms with E-state index in [0.717, 1.165) is 5.56 Å². The van der Waals surface area contributed by atoms with E-state index in [1.165, 1.54) is 15.6 Å². The number of aromatic nitrogens is 2. The normalized spacial score (nSPS) is 17.2. The summed E-state index contributed by atoms with van der Waals surface area (Å²) in [6, 6.07) is 14.4. The molecule has 0 bridgehead atoms. The summed E-state index contributed by atoms with van der Waals surface area (Å²) in [4.78, 5) is 12.8. The summed E-state index contributed by atoms with van der Waals surface area (Å²) in [6.07, 6.45) is 1.17. The Morgan fingerprint density at radius 2 is 1.81 bits per heavy atom. The van der Waals surface area contributed by atoms with E-state index in [1.54, 1.807) is 18.2 Å². The van der Waals surface area contributed by atoms with Crippen molar-refractivity contribution >= 4 is 55.6 Å². The zero-order valence-corrected chi connectivity index (χ0v) is 20.0. The largest absolute Gasteiger partial charge is 0.300 e. The molecule has 0 spiro atoms. The van der Waals surface area contributed by atoms with Gasteiger partial charge in [0, 0.05) is 34.3 Å². The fourth-order valence-electron chi connectivity index (χ4n) is 3.53. The topological polar surface area (TPSA) is 92.3 Å². The molecule has 1 fully saturated rings. The lowest BCUT2D eigenvalue weighted by Gasteiger charge is -2.31. The summed E-state index contributed by atoms with van der Waals surface area (Å²) in [6.45, 7) is 0.450. The number of sulfonamides is 1. The molecule has 168 valence electrons. The van der Waals surface area contributed by atoms with Gasteiger partial charge in [0.1, 0.15) is 5.01 Å². The third-order valence-electron chi connectivity index (χ3n) is 5.21. The first-order valence-electron chi connectivity index (χ1n) is 9.94. The molecule has 3 aromatic rings. The maximum atomic E-state index is 13.0. The molecule has 1 aliphatic heterocycles. The average molecular weight is 511 g/mol. The number of hydrogen-bond acceptors (Lipinski definition) is 6. The molecule has 0 unspecified atom stereocenters. The van der Waals surface area contributed by atoms with Gasteiger partial charge >= 0.3 is 0 Å². The first kappa shape index (κ1) is 23.1. The zero-order chi connectivity index (χ0) is 22.7. The third kappa shape index (κ3) is 5.29. The maximum absolute atomic E-state index is 13.0. The van der Waals surface area contributed by atoms with Gasteiger partial charge in [-0.1, -0.05) is 70.9 Å². The molecule has 1 saturated heterocycles. The quantitative estimate of drug-likeness (QED) is 0.518. The van der Waals surface area contributed by atoms with Gasteiger partial charge in [-0.25, -0.2) is 12.7 Å². The Hall–Kier alpha value is -2.04. The molecule has 2 heterocycles. The minimum atomic E-state index is -3.69. The number of carbonyl (C=O) groups is 1. The molecule has 1 aromatic heterocycles. The SMILES string of the molecule is O=C(Nc1nnc(-c2ccccc2)s1)[C@H]1CCCN(S(=O)(=O)Cc2c(Cl)cccc2Cl)C1. The van der Waals surface area contributed by atoms with Crippen LogP contribution in [-0.4, -0.2) is 41.9 Å². The van der Waals surface area contributed by atoms with Crippen molar-refractivity contribution in [2.24, 2.45) is 5.92 Å². The maximum Gasteiger partial charge on any atom is 0.230 e. The lowest BCUT2D eigenvalue weighted by Crippen LogP contribution is -2.44. The van der Waals surface area contributed by atoms with Gasteiger partial charge in [0.05, 0.1) is 11.7 Å². The molecule has 0 aliphatic carbocycles. The second kappa shape index (κ2) is 9.84. The van der Waals surface area contributed by atoms with Crippen molar-refractivity contribution in [3.8, 4) is 10.6 Å². The summed E-state index contributed by atoms with van der Waals surface area (Å²) in [5, 5.41) is 12.6. The smallest absolute Gasteiger partial charge is 0.230 e. The highest BCUT2D eigenvalue weighted by molar-refractivity contribution is 7.88. The second-order valence-electron chi connectivity index (χ2n) is 7.42. The molecule has 32 heavy (non-hydrogen) atoms. The van der Waals surface area contributed by atoms with Crippen molar-refractivity contribution in [3.05, 3.63) is 64.1 Å². The number of rotatable bonds is 6. The van der Waals surface area contributed by atoms with E-state index in [-0.39, 0.29) is 18.2 Å². The highest BCUT2D eigenvalue weighted by Crippen LogP contribution is 2.30. The fraction of sp³-hybridized carbons (Fsp3) is 0.286. The summed E-state index contributed by atoms with van der Waals surface area (Å²) in [5.41, 5.74) is 1.28. The number of piperidine rings is 1. The van der Waals surface area contributed by atoms with Crippen LogP contribution >= 0.6 is 34.5 Å². The van der Waals surface area contributed by atoms with E-state index in [4.69, 9.17) is 23.2 Å². The molecule has 2 aromatic carbocycles. The van der Waals surface area contributed by atoms with Crippen molar-refractivity contribution in [2.75, 3.05) is 18.4 Å². The molecule has 1 atom stereocenters. The minimum absolute atomic E-state index is 0.0978. The van der Waals surface area contributed by atoms with E-state index < -0.39 is 15.9 Å². The first-order chi connectivity index (χ1) is 15.3. The Morgan fingerprint density at radius 1 is 1.09 bits per heavy atom.